The van der Waals surface area contributed by atoms with Gasteiger partial charge in [0.25, 0.3) is 0 Å². The number of carbonyl (C=O) groups is 1. The third-order valence-corrected chi connectivity index (χ3v) is 13.2. The summed E-state index contributed by atoms with van der Waals surface area (Å²) in [6, 6.07) is -1.23. The highest BCUT2D eigenvalue weighted by atomic mass is 31.2. The maximum atomic E-state index is 12.8. The molecular weight excluding hydrogens is 826 g/mol. The van der Waals surface area contributed by atoms with E-state index in [0.29, 0.717) is 12.8 Å². The van der Waals surface area contributed by atoms with Crippen LogP contribution < -0.4 is 5.32 Å². The number of phosphoric ester groups is 1. The number of amides is 1. The third-order valence-electron chi connectivity index (χ3n) is 12.3. The maximum absolute atomic E-state index is 12.8. The molecule has 9 N–H and O–H groups in total. The van der Waals surface area contributed by atoms with Crippen LogP contribution in [0.25, 0.3) is 0 Å². The molecule has 1 aliphatic rings. The lowest BCUT2D eigenvalue weighted by Crippen LogP contribution is -2.64. The van der Waals surface area contributed by atoms with Crippen LogP contribution in [-0.2, 0) is 18.4 Å². The van der Waals surface area contributed by atoms with Crippen molar-refractivity contribution in [3.8, 4) is 0 Å². The lowest BCUT2D eigenvalue weighted by Gasteiger charge is -2.41. The van der Waals surface area contributed by atoms with E-state index in [9.17, 15) is 50.0 Å². The van der Waals surface area contributed by atoms with Gasteiger partial charge in [-0.25, -0.2) is 4.57 Å². The summed E-state index contributed by atoms with van der Waals surface area (Å²) in [5, 5.41) is 73.6. The van der Waals surface area contributed by atoms with Crippen LogP contribution in [0.5, 0.6) is 0 Å². The van der Waals surface area contributed by atoms with Crippen molar-refractivity contribution < 1.29 is 59.0 Å². The first-order chi connectivity index (χ1) is 30.3. The number of carbonyl (C=O) groups excluding carboxylic acids is 1. The molecule has 0 saturated heterocycles. The molecule has 0 aromatic rings. The van der Waals surface area contributed by atoms with Crippen molar-refractivity contribution in [3.05, 3.63) is 24.3 Å². The summed E-state index contributed by atoms with van der Waals surface area (Å²) in [5.74, 6) is -0.603. The van der Waals surface area contributed by atoms with Crippen LogP contribution in [0, 0.1) is 0 Å². The highest BCUT2D eigenvalue weighted by Crippen LogP contribution is 2.47. The zero-order chi connectivity index (χ0) is 46.6. The Balaban J connectivity index is 2.10. The first-order valence-corrected chi connectivity index (χ1v) is 26.9. The topological polar surface area (TPSA) is 226 Å². The predicted molar refractivity (Wildman–Crippen MR) is 252 cm³/mol. The molecule has 1 rings (SSSR count). The molecule has 0 bridgehead atoms. The molecule has 1 fully saturated rings. The minimum Gasteiger partial charge on any atom is -0.393 e. The number of allylic oxidation sites excluding steroid dienone is 3. The van der Waals surface area contributed by atoms with E-state index >= 15 is 0 Å². The van der Waals surface area contributed by atoms with Gasteiger partial charge in [-0.3, -0.25) is 13.8 Å². The van der Waals surface area contributed by atoms with E-state index in [0.717, 1.165) is 32.1 Å². The van der Waals surface area contributed by atoms with Gasteiger partial charge in [0.1, 0.15) is 36.6 Å². The van der Waals surface area contributed by atoms with Gasteiger partial charge in [0.2, 0.25) is 5.91 Å². The van der Waals surface area contributed by atoms with Crippen molar-refractivity contribution in [1.29, 1.82) is 0 Å². The second kappa shape index (κ2) is 38.8. The van der Waals surface area contributed by atoms with Gasteiger partial charge < -0.3 is 46.0 Å². The van der Waals surface area contributed by atoms with Crippen LogP contribution in [0.3, 0.4) is 0 Å². The predicted octanol–water partition coefficient (Wildman–Crippen LogP) is 9.15. The van der Waals surface area contributed by atoms with Crippen LogP contribution in [0.2, 0.25) is 0 Å². The normalized spacial score (nSPS) is 23.0. The number of aliphatic hydroxyl groups excluding tert-OH is 7. The second-order valence-corrected chi connectivity index (χ2v) is 19.6. The summed E-state index contributed by atoms with van der Waals surface area (Å²) in [6.45, 7) is 3.48. The molecule has 372 valence electrons. The number of rotatable bonds is 42. The summed E-state index contributed by atoms with van der Waals surface area (Å²) in [4.78, 5) is 23.1. The maximum Gasteiger partial charge on any atom is 0.472 e. The SMILES string of the molecule is CCC/C=C/C(O)C(COP(=O)(O)OC1C(O)C(O)C(O)C(O)C1O)NC(=O)CC(O)CCCCCCCCCCCCCCCC/C=C\CCCCCCCCCCCCCC. The van der Waals surface area contributed by atoms with E-state index in [4.69, 9.17) is 9.05 Å². The zero-order valence-corrected chi connectivity index (χ0v) is 40.4. The zero-order valence-electron chi connectivity index (χ0n) is 39.5. The smallest absolute Gasteiger partial charge is 0.393 e. The highest BCUT2D eigenvalue weighted by molar-refractivity contribution is 7.47. The monoisotopic (exact) mass is 920 g/mol. The van der Waals surface area contributed by atoms with Gasteiger partial charge in [0.15, 0.2) is 0 Å². The van der Waals surface area contributed by atoms with Crippen molar-refractivity contribution in [1.82, 2.24) is 5.32 Å². The average molecular weight is 920 g/mol. The molecule has 0 spiro atoms. The van der Waals surface area contributed by atoms with Gasteiger partial charge in [0, 0.05) is 0 Å². The van der Waals surface area contributed by atoms with Crippen molar-refractivity contribution in [3.63, 3.8) is 0 Å². The van der Waals surface area contributed by atoms with E-state index in [1.165, 1.54) is 160 Å². The summed E-state index contributed by atoms with van der Waals surface area (Å²) in [5.41, 5.74) is 0. The molecule has 8 unspecified atom stereocenters. The van der Waals surface area contributed by atoms with Crippen LogP contribution >= 0.6 is 7.82 Å². The molecular formula is C49H94NO12P. The Bertz CT molecular complexity index is 1180. The van der Waals surface area contributed by atoms with Gasteiger partial charge in [-0.1, -0.05) is 199 Å². The number of hydrogen-bond donors (Lipinski definition) is 9. The molecule has 1 saturated carbocycles. The van der Waals surface area contributed by atoms with E-state index in [-0.39, 0.29) is 6.42 Å². The molecule has 1 amide bonds. The lowest BCUT2D eigenvalue weighted by molar-refractivity contribution is -0.220. The fraction of sp³-hybridized carbons (Fsp3) is 0.898. The molecule has 8 atom stereocenters. The number of hydrogen-bond acceptors (Lipinski definition) is 11. The van der Waals surface area contributed by atoms with E-state index in [2.05, 4.69) is 24.4 Å². The Morgan fingerprint density at radius 1 is 0.556 bits per heavy atom. The van der Waals surface area contributed by atoms with Gasteiger partial charge in [-0.05, 0) is 38.5 Å². The Morgan fingerprint density at radius 3 is 1.38 bits per heavy atom. The first kappa shape index (κ1) is 59.8. The van der Waals surface area contributed by atoms with Crippen molar-refractivity contribution >= 4 is 13.7 Å². The van der Waals surface area contributed by atoms with E-state index < -0.39 is 75.2 Å². The first-order valence-electron chi connectivity index (χ1n) is 25.4. The largest absolute Gasteiger partial charge is 0.472 e. The average Bonchev–Trinajstić information content (AvgIpc) is 3.25. The number of phosphoric acid groups is 1. The van der Waals surface area contributed by atoms with Gasteiger partial charge >= 0.3 is 7.82 Å². The second-order valence-electron chi connectivity index (χ2n) is 18.2. The van der Waals surface area contributed by atoms with Gasteiger partial charge in [-0.2, -0.15) is 0 Å². The molecule has 63 heavy (non-hydrogen) atoms. The van der Waals surface area contributed by atoms with Crippen molar-refractivity contribution in [2.75, 3.05) is 6.61 Å². The molecule has 0 aromatic carbocycles. The minimum absolute atomic E-state index is 0.245. The minimum atomic E-state index is -5.12. The summed E-state index contributed by atoms with van der Waals surface area (Å²) >= 11 is 0. The molecule has 0 radical (unpaired) electrons. The van der Waals surface area contributed by atoms with Crippen molar-refractivity contribution in [2.45, 2.75) is 274 Å². The quantitative estimate of drug-likeness (QED) is 0.0159. The number of nitrogens with one attached hydrogen (secondary N) is 1. The van der Waals surface area contributed by atoms with E-state index in [1.807, 2.05) is 6.92 Å². The molecule has 0 aliphatic heterocycles. The summed E-state index contributed by atoms with van der Waals surface area (Å²) in [7, 11) is -5.12. The Morgan fingerprint density at radius 2 is 0.952 bits per heavy atom. The van der Waals surface area contributed by atoms with Gasteiger partial charge in [-0.15, -0.1) is 0 Å². The molecule has 0 aromatic heterocycles. The molecule has 14 heteroatoms. The molecule has 13 nitrogen and oxygen atoms in total. The summed E-state index contributed by atoms with van der Waals surface area (Å²) < 4.78 is 22.5. The Hall–Kier alpha value is -1.22. The summed E-state index contributed by atoms with van der Waals surface area (Å²) in [6.07, 6.45) is 31.6. The van der Waals surface area contributed by atoms with Crippen LogP contribution in [-0.4, -0.2) is 108 Å². The van der Waals surface area contributed by atoms with Gasteiger partial charge in [0.05, 0.1) is 31.3 Å². The Kier molecular flexibility index (Phi) is 36.9. The van der Waals surface area contributed by atoms with Crippen LogP contribution in [0.4, 0.5) is 0 Å². The Labute approximate surface area is 382 Å². The molecule has 1 aliphatic carbocycles. The van der Waals surface area contributed by atoms with Crippen LogP contribution in [0.15, 0.2) is 24.3 Å². The van der Waals surface area contributed by atoms with Crippen LogP contribution in [0.1, 0.15) is 219 Å². The fourth-order valence-corrected chi connectivity index (χ4v) is 9.09. The molecule has 0 heterocycles. The third kappa shape index (κ3) is 30.6. The number of unbranched alkanes of at least 4 members (excludes halogenated alkanes) is 27. The van der Waals surface area contributed by atoms with Crippen molar-refractivity contribution in [2.24, 2.45) is 0 Å². The standard InChI is InChI=1S/C49H94NO12P/c1-3-5-7-8-9-10-11-12-13-14-15-16-17-18-19-20-21-22-23-24-25-26-27-28-29-30-31-32-33-35-36-40(51)38-43(53)50-41(42(52)37-34-6-4-2)39-61-63(59,60)62-49-47(57)45(55)44(54)46(56)48(49)58/h18-19,34,37,40-42,44-49,51-52,54-58H,3-17,20-33,35-36,38-39H2,1-2H3,(H,50,53)(H,59,60)/b19-18-,37-34+. The fourth-order valence-electron chi connectivity index (χ4n) is 8.13. The highest BCUT2D eigenvalue weighted by Gasteiger charge is 2.51. The van der Waals surface area contributed by atoms with E-state index in [1.54, 1.807) is 6.08 Å². The number of aliphatic hydroxyl groups is 7. The lowest BCUT2D eigenvalue weighted by atomic mass is 9.85.